The van der Waals surface area contributed by atoms with Crippen LogP contribution in [0.15, 0.2) is 24.3 Å². The first kappa shape index (κ1) is 16.8. The molecule has 2 aliphatic heterocycles. The predicted molar refractivity (Wildman–Crippen MR) is 89.8 cm³/mol. The van der Waals surface area contributed by atoms with Crippen LogP contribution in [0.4, 0.5) is 5.69 Å². The van der Waals surface area contributed by atoms with Gasteiger partial charge in [0.2, 0.25) is 5.91 Å². The molecule has 6 heteroatoms. The maximum atomic E-state index is 12.1. The summed E-state index contributed by atoms with van der Waals surface area (Å²) < 4.78 is 10.8. The Labute approximate surface area is 141 Å². The number of piperidine rings is 1. The summed E-state index contributed by atoms with van der Waals surface area (Å²) in [5.74, 6) is -0.672. The molecule has 130 valence electrons. The van der Waals surface area contributed by atoms with E-state index in [9.17, 15) is 9.59 Å². The van der Waals surface area contributed by atoms with E-state index in [2.05, 4.69) is 4.90 Å². The first-order valence-electron chi connectivity index (χ1n) is 8.56. The zero-order chi connectivity index (χ0) is 16.9. The molecule has 0 aromatic heterocycles. The van der Waals surface area contributed by atoms with Gasteiger partial charge in [0.15, 0.2) is 0 Å². The second-order valence-corrected chi connectivity index (χ2v) is 6.47. The number of primary amides is 1. The molecular weight excluding hydrogens is 308 g/mol. The average Bonchev–Trinajstić information content (AvgIpc) is 3.13. The third kappa shape index (κ3) is 4.06. The number of anilines is 1. The van der Waals surface area contributed by atoms with Crippen LogP contribution < -0.4 is 10.6 Å². The highest BCUT2D eigenvalue weighted by Gasteiger charge is 2.24. The van der Waals surface area contributed by atoms with Crippen LogP contribution in [-0.4, -0.2) is 44.3 Å². The van der Waals surface area contributed by atoms with E-state index < -0.39 is 0 Å². The van der Waals surface area contributed by atoms with Crippen molar-refractivity contribution in [1.29, 1.82) is 0 Å². The van der Waals surface area contributed by atoms with Crippen molar-refractivity contribution in [2.24, 2.45) is 11.7 Å². The lowest BCUT2D eigenvalue weighted by molar-refractivity contribution is -0.122. The van der Waals surface area contributed by atoms with Gasteiger partial charge in [-0.05, 0) is 49.9 Å². The molecule has 1 aromatic carbocycles. The number of carbonyl (C=O) groups excluding carboxylic acids is 2. The maximum Gasteiger partial charge on any atom is 0.338 e. The van der Waals surface area contributed by atoms with Gasteiger partial charge >= 0.3 is 5.97 Å². The van der Waals surface area contributed by atoms with Gasteiger partial charge in [-0.1, -0.05) is 0 Å². The van der Waals surface area contributed by atoms with Crippen molar-refractivity contribution >= 4 is 17.6 Å². The molecule has 0 saturated carbocycles. The lowest BCUT2D eigenvalue weighted by Gasteiger charge is -2.33. The minimum atomic E-state index is -0.328. The van der Waals surface area contributed by atoms with Crippen LogP contribution in [0.1, 0.15) is 36.0 Å². The standard InChI is InChI=1S/C18H24N2O4/c19-17(21)14-3-1-9-20(11-14)15-7-5-13(6-8-15)18(22)24-12-16-4-2-10-23-16/h5-8,14,16H,1-4,9-12H2,(H2,19,21)/t14-,16+/m1/s1. The second kappa shape index (κ2) is 7.66. The molecule has 2 fully saturated rings. The number of esters is 1. The molecule has 1 amide bonds. The van der Waals surface area contributed by atoms with E-state index in [1.54, 1.807) is 12.1 Å². The monoisotopic (exact) mass is 332 g/mol. The van der Waals surface area contributed by atoms with Crippen molar-refractivity contribution < 1.29 is 19.1 Å². The predicted octanol–water partition coefficient (Wildman–Crippen LogP) is 1.72. The number of hydrogen-bond donors (Lipinski definition) is 1. The fourth-order valence-electron chi connectivity index (χ4n) is 3.28. The van der Waals surface area contributed by atoms with E-state index in [4.69, 9.17) is 15.2 Å². The average molecular weight is 332 g/mol. The van der Waals surface area contributed by atoms with Crippen LogP contribution in [-0.2, 0) is 14.3 Å². The van der Waals surface area contributed by atoms with Gasteiger partial charge < -0.3 is 20.1 Å². The van der Waals surface area contributed by atoms with Gasteiger partial charge in [-0.25, -0.2) is 4.79 Å². The summed E-state index contributed by atoms with van der Waals surface area (Å²) in [4.78, 5) is 25.6. The molecule has 24 heavy (non-hydrogen) atoms. The molecule has 2 aliphatic rings. The van der Waals surface area contributed by atoms with E-state index in [1.165, 1.54) is 0 Å². The number of ether oxygens (including phenoxy) is 2. The molecule has 0 unspecified atom stereocenters. The minimum Gasteiger partial charge on any atom is -0.459 e. The van der Waals surface area contributed by atoms with Crippen molar-refractivity contribution in [3.8, 4) is 0 Å². The largest absolute Gasteiger partial charge is 0.459 e. The molecule has 1 aromatic rings. The molecule has 0 bridgehead atoms. The van der Waals surface area contributed by atoms with Crippen molar-refractivity contribution in [2.75, 3.05) is 31.2 Å². The number of rotatable bonds is 5. The summed E-state index contributed by atoms with van der Waals surface area (Å²) in [6, 6.07) is 7.32. The van der Waals surface area contributed by atoms with Crippen LogP contribution in [0.5, 0.6) is 0 Å². The van der Waals surface area contributed by atoms with Crippen molar-refractivity contribution in [3.63, 3.8) is 0 Å². The Balaban J connectivity index is 1.56. The molecule has 2 atom stereocenters. The normalized spacial score (nSPS) is 23.9. The molecule has 0 spiro atoms. The summed E-state index contributed by atoms with van der Waals surface area (Å²) in [6.07, 6.45) is 3.80. The molecule has 0 aliphatic carbocycles. The van der Waals surface area contributed by atoms with E-state index in [0.717, 1.165) is 44.5 Å². The fraction of sp³-hybridized carbons (Fsp3) is 0.556. The van der Waals surface area contributed by atoms with Crippen LogP contribution in [0.2, 0.25) is 0 Å². The summed E-state index contributed by atoms with van der Waals surface area (Å²) in [5, 5.41) is 0. The van der Waals surface area contributed by atoms with Crippen LogP contribution >= 0.6 is 0 Å². The molecule has 2 saturated heterocycles. The summed E-state index contributed by atoms with van der Waals surface area (Å²) in [5.41, 5.74) is 6.94. The summed E-state index contributed by atoms with van der Waals surface area (Å²) in [7, 11) is 0. The van der Waals surface area contributed by atoms with E-state index >= 15 is 0 Å². The maximum absolute atomic E-state index is 12.1. The SMILES string of the molecule is NC(=O)[C@@H]1CCCN(c2ccc(C(=O)OC[C@@H]3CCCO3)cc2)C1. The Morgan fingerprint density at radius 3 is 2.67 bits per heavy atom. The van der Waals surface area contributed by atoms with Crippen molar-refractivity contribution in [1.82, 2.24) is 0 Å². The highest BCUT2D eigenvalue weighted by Crippen LogP contribution is 2.23. The molecule has 0 radical (unpaired) electrons. The highest BCUT2D eigenvalue weighted by molar-refractivity contribution is 5.89. The quantitative estimate of drug-likeness (QED) is 0.830. The van der Waals surface area contributed by atoms with Gasteiger partial charge in [0, 0.05) is 25.4 Å². The number of benzene rings is 1. The minimum absolute atomic E-state index is 0.0345. The van der Waals surface area contributed by atoms with E-state index in [-0.39, 0.29) is 23.9 Å². The van der Waals surface area contributed by atoms with Crippen molar-refractivity contribution in [2.45, 2.75) is 31.8 Å². The lowest BCUT2D eigenvalue weighted by atomic mass is 9.97. The smallest absolute Gasteiger partial charge is 0.338 e. The van der Waals surface area contributed by atoms with Crippen LogP contribution in [0.3, 0.4) is 0 Å². The number of hydrogen-bond acceptors (Lipinski definition) is 5. The van der Waals surface area contributed by atoms with Crippen LogP contribution in [0.25, 0.3) is 0 Å². The third-order valence-electron chi connectivity index (χ3n) is 4.72. The van der Waals surface area contributed by atoms with Gasteiger partial charge in [-0.3, -0.25) is 4.79 Å². The molecular formula is C18H24N2O4. The van der Waals surface area contributed by atoms with Gasteiger partial charge in [0.05, 0.1) is 17.6 Å². The fourth-order valence-corrected chi connectivity index (χ4v) is 3.28. The summed E-state index contributed by atoms with van der Waals surface area (Å²) >= 11 is 0. The topological polar surface area (TPSA) is 81.9 Å². The van der Waals surface area contributed by atoms with Crippen LogP contribution in [0, 0.1) is 5.92 Å². The molecule has 6 nitrogen and oxygen atoms in total. The van der Waals surface area contributed by atoms with Crippen molar-refractivity contribution in [3.05, 3.63) is 29.8 Å². The zero-order valence-electron chi connectivity index (χ0n) is 13.8. The van der Waals surface area contributed by atoms with Gasteiger partial charge in [-0.2, -0.15) is 0 Å². The Kier molecular flexibility index (Phi) is 5.35. The van der Waals surface area contributed by atoms with Gasteiger partial charge in [-0.15, -0.1) is 0 Å². The number of amides is 1. The zero-order valence-corrected chi connectivity index (χ0v) is 13.8. The first-order valence-corrected chi connectivity index (χ1v) is 8.56. The third-order valence-corrected chi connectivity index (χ3v) is 4.72. The number of nitrogens with two attached hydrogens (primary N) is 1. The Morgan fingerprint density at radius 1 is 1.21 bits per heavy atom. The van der Waals surface area contributed by atoms with Gasteiger partial charge in [0.25, 0.3) is 0 Å². The Bertz CT molecular complexity index is 581. The first-order chi connectivity index (χ1) is 11.6. The number of nitrogens with zero attached hydrogens (tertiary/aromatic N) is 1. The molecule has 2 heterocycles. The molecule has 3 rings (SSSR count). The molecule has 2 N–H and O–H groups in total. The number of carbonyl (C=O) groups is 2. The van der Waals surface area contributed by atoms with E-state index in [0.29, 0.717) is 18.7 Å². The highest BCUT2D eigenvalue weighted by atomic mass is 16.6. The van der Waals surface area contributed by atoms with E-state index in [1.807, 2.05) is 12.1 Å². The lowest BCUT2D eigenvalue weighted by Crippen LogP contribution is -2.41. The Morgan fingerprint density at radius 2 is 2.00 bits per heavy atom. The summed E-state index contributed by atoms with van der Waals surface area (Å²) in [6.45, 7) is 2.59. The Hall–Kier alpha value is -2.08. The van der Waals surface area contributed by atoms with Gasteiger partial charge in [0.1, 0.15) is 6.61 Å². The second-order valence-electron chi connectivity index (χ2n) is 6.47.